The van der Waals surface area contributed by atoms with Crippen molar-refractivity contribution in [3.63, 3.8) is 0 Å². The standard InChI is InChI=1S/C15H15ClN4S/c1-10-12(16)2-3-13-14(10)18-15(21-13)20-7-11(8-20)6-19-5-4-17-9-19/h2-5,9,11H,6-8H2,1H3. The first-order valence-electron chi connectivity index (χ1n) is 6.97. The maximum absolute atomic E-state index is 6.17. The fraction of sp³-hybridized carbons (Fsp3) is 0.333. The van der Waals surface area contributed by atoms with Crippen LogP contribution >= 0.6 is 22.9 Å². The van der Waals surface area contributed by atoms with Crippen molar-refractivity contribution in [3.8, 4) is 0 Å². The summed E-state index contributed by atoms with van der Waals surface area (Å²) in [5.41, 5.74) is 2.12. The van der Waals surface area contributed by atoms with Crippen molar-refractivity contribution >= 4 is 38.3 Å². The SMILES string of the molecule is Cc1c(Cl)ccc2sc(N3CC(Cn4ccnc4)C3)nc12. The summed E-state index contributed by atoms with van der Waals surface area (Å²) < 4.78 is 3.36. The lowest BCUT2D eigenvalue weighted by atomic mass is 10.0. The number of hydrogen-bond acceptors (Lipinski definition) is 4. The number of aryl methyl sites for hydroxylation is 1. The van der Waals surface area contributed by atoms with Crippen molar-refractivity contribution < 1.29 is 0 Å². The van der Waals surface area contributed by atoms with Gasteiger partial charge in [-0.1, -0.05) is 22.9 Å². The summed E-state index contributed by atoms with van der Waals surface area (Å²) in [5, 5.41) is 1.90. The van der Waals surface area contributed by atoms with Crippen molar-refractivity contribution in [1.29, 1.82) is 0 Å². The van der Waals surface area contributed by atoms with Crippen molar-refractivity contribution in [2.75, 3.05) is 18.0 Å². The topological polar surface area (TPSA) is 34.0 Å². The number of thiazole rings is 1. The molecule has 4 rings (SSSR count). The Labute approximate surface area is 132 Å². The maximum atomic E-state index is 6.17. The molecular formula is C15H15ClN4S. The summed E-state index contributed by atoms with van der Waals surface area (Å²) in [6, 6.07) is 4.02. The van der Waals surface area contributed by atoms with E-state index in [0.29, 0.717) is 5.92 Å². The highest BCUT2D eigenvalue weighted by molar-refractivity contribution is 7.22. The van der Waals surface area contributed by atoms with Crippen LogP contribution in [0.2, 0.25) is 5.02 Å². The van der Waals surface area contributed by atoms with Gasteiger partial charge in [0.05, 0.1) is 16.5 Å². The zero-order chi connectivity index (χ0) is 14.4. The molecule has 0 unspecified atom stereocenters. The van der Waals surface area contributed by atoms with Crippen LogP contribution in [0.4, 0.5) is 5.13 Å². The van der Waals surface area contributed by atoms with Crippen LogP contribution in [-0.4, -0.2) is 27.6 Å². The summed E-state index contributed by atoms with van der Waals surface area (Å²) in [4.78, 5) is 11.2. The van der Waals surface area contributed by atoms with Crippen LogP contribution in [0, 0.1) is 12.8 Å². The predicted octanol–water partition coefficient (Wildman–Crippen LogP) is 3.59. The van der Waals surface area contributed by atoms with Crippen molar-refractivity contribution in [2.45, 2.75) is 13.5 Å². The number of hydrogen-bond donors (Lipinski definition) is 0. The average molecular weight is 319 g/mol. The molecule has 1 saturated heterocycles. The minimum atomic E-state index is 0.677. The van der Waals surface area contributed by atoms with Gasteiger partial charge in [-0.25, -0.2) is 9.97 Å². The number of benzene rings is 1. The third-order valence-corrected chi connectivity index (χ3v) is 5.48. The Morgan fingerprint density at radius 3 is 3.00 bits per heavy atom. The second kappa shape index (κ2) is 5.00. The zero-order valence-electron chi connectivity index (χ0n) is 11.7. The molecule has 1 aliphatic heterocycles. The molecule has 1 fully saturated rings. The molecule has 3 heterocycles. The minimum Gasteiger partial charge on any atom is -0.347 e. The van der Waals surface area contributed by atoms with Crippen LogP contribution in [0.1, 0.15) is 5.56 Å². The van der Waals surface area contributed by atoms with E-state index in [1.54, 1.807) is 11.3 Å². The van der Waals surface area contributed by atoms with E-state index in [-0.39, 0.29) is 0 Å². The fourth-order valence-electron chi connectivity index (χ4n) is 2.76. The molecular weight excluding hydrogens is 304 g/mol. The Morgan fingerprint density at radius 1 is 1.38 bits per heavy atom. The van der Waals surface area contributed by atoms with Crippen molar-refractivity contribution in [1.82, 2.24) is 14.5 Å². The highest BCUT2D eigenvalue weighted by atomic mass is 35.5. The highest BCUT2D eigenvalue weighted by Gasteiger charge is 2.29. The third-order valence-electron chi connectivity index (χ3n) is 3.99. The molecule has 3 aromatic rings. The first-order chi connectivity index (χ1) is 10.2. The predicted molar refractivity (Wildman–Crippen MR) is 87.3 cm³/mol. The summed E-state index contributed by atoms with van der Waals surface area (Å²) in [5.74, 6) is 0.677. The van der Waals surface area contributed by atoms with Crippen LogP contribution in [0.3, 0.4) is 0 Å². The lowest BCUT2D eigenvalue weighted by molar-refractivity contribution is 0.357. The number of fused-ring (bicyclic) bond motifs is 1. The molecule has 0 saturated carbocycles. The molecule has 4 nitrogen and oxygen atoms in total. The van der Waals surface area contributed by atoms with Crippen molar-refractivity contribution in [2.24, 2.45) is 5.92 Å². The molecule has 0 radical (unpaired) electrons. The Hall–Kier alpha value is -1.59. The molecule has 0 spiro atoms. The molecule has 2 aromatic heterocycles. The monoisotopic (exact) mass is 318 g/mol. The molecule has 0 aliphatic carbocycles. The first kappa shape index (κ1) is 13.1. The molecule has 0 atom stereocenters. The largest absolute Gasteiger partial charge is 0.347 e. The third kappa shape index (κ3) is 2.30. The molecule has 0 bridgehead atoms. The van der Waals surface area contributed by atoms with Gasteiger partial charge in [0.2, 0.25) is 0 Å². The fourth-order valence-corrected chi connectivity index (χ4v) is 3.95. The number of aromatic nitrogens is 3. The number of halogens is 1. The van der Waals surface area contributed by atoms with Gasteiger partial charge in [0.1, 0.15) is 0 Å². The summed E-state index contributed by atoms with van der Waals surface area (Å²) in [7, 11) is 0. The molecule has 108 valence electrons. The molecule has 1 aromatic carbocycles. The Morgan fingerprint density at radius 2 is 2.24 bits per heavy atom. The van der Waals surface area contributed by atoms with Gasteiger partial charge in [0.15, 0.2) is 5.13 Å². The van der Waals surface area contributed by atoms with Gasteiger partial charge in [-0.2, -0.15) is 0 Å². The molecule has 1 aliphatic rings. The van der Waals surface area contributed by atoms with E-state index in [2.05, 4.69) is 20.5 Å². The van der Waals surface area contributed by atoms with Gasteiger partial charge in [-0.05, 0) is 24.6 Å². The van der Waals surface area contributed by atoms with Gasteiger partial charge in [-0.15, -0.1) is 0 Å². The van der Waals surface area contributed by atoms with Gasteiger partial charge < -0.3 is 9.47 Å². The van der Waals surface area contributed by atoms with Crippen molar-refractivity contribution in [3.05, 3.63) is 41.4 Å². The quantitative estimate of drug-likeness (QED) is 0.740. The van der Waals surface area contributed by atoms with Gasteiger partial charge in [0.25, 0.3) is 0 Å². The molecule has 6 heteroatoms. The van der Waals surface area contributed by atoms with E-state index in [4.69, 9.17) is 16.6 Å². The summed E-state index contributed by atoms with van der Waals surface area (Å²) in [6.45, 7) is 5.19. The molecule has 0 amide bonds. The Kier molecular flexibility index (Phi) is 3.12. The van der Waals surface area contributed by atoms with Crippen LogP contribution < -0.4 is 4.90 Å². The van der Waals surface area contributed by atoms with E-state index in [1.165, 1.54) is 4.70 Å². The highest BCUT2D eigenvalue weighted by Crippen LogP contribution is 2.36. The number of rotatable bonds is 3. The average Bonchev–Trinajstić information content (AvgIpc) is 3.07. The lowest BCUT2D eigenvalue weighted by Crippen LogP contribution is -2.48. The summed E-state index contributed by atoms with van der Waals surface area (Å²) in [6.07, 6.45) is 5.73. The molecule has 21 heavy (non-hydrogen) atoms. The smallest absolute Gasteiger partial charge is 0.186 e. The van der Waals surface area contributed by atoms with E-state index in [9.17, 15) is 0 Å². The number of nitrogens with zero attached hydrogens (tertiary/aromatic N) is 4. The van der Waals surface area contributed by atoms with Gasteiger partial charge in [0, 0.05) is 43.0 Å². The van der Waals surface area contributed by atoms with Crippen LogP contribution in [0.5, 0.6) is 0 Å². The lowest BCUT2D eigenvalue weighted by Gasteiger charge is -2.39. The minimum absolute atomic E-state index is 0.677. The van der Waals surface area contributed by atoms with E-state index in [1.807, 2.05) is 31.7 Å². The van der Waals surface area contributed by atoms with E-state index < -0.39 is 0 Å². The van der Waals surface area contributed by atoms with Crippen LogP contribution in [-0.2, 0) is 6.54 Å². The Bertz CT molecular complexity index is 774. The second-order valence-corrected chi connectivity index (χ2v) is 6.96. The number of anilines is 1. The Balaban J connectivity index is 1.50. The maximum Gasteiger partial charge on any atom is 0.186 e. The first-order valence-corrected chi connectivity index (χ1v) is 8.16. The van der Waals surface area contributed by atoms with Crippen LogP contribution in [0.25, 0.3) is 10.2 Å². The van der Waals surface area contributed by atoms with Crippen LogP contribution in [0.15, 0.2) is 30.9 Å². The summed E-state index contributed by atoms with van der Waals surface area (Å²) >= 11 is 7.92. The van der Waals surface area contributed by atoms with Gasteiger partial charge in [-0.3, -0.25) is 0 Å². The molecule has 0 N–H and O–H groups in total. The normalized spacial score (nSPS) is 15.6. The number of imidazole rings is 1. The zero-order valence-corrected chi connectivity index (χ0v) is 13.2. The van der Waals surface area contributed by atoms with Gasteiger partial charge >= 0.3 is 0 Å². The van der Waals surface area contributed by atoms with E-state index >= 15 is 0 Å². The van der Waals surface area contributed by atoms with E-state index in [0.717, 1.165) is 40.9 Å². The second-order valence-electron chi connectivity index (χ2n) is 5.55.